The molecule has 0 radical (unpaired) electrons. The molecule has 2 rings (SSSR count). The first kappa shape index (κ1) is 22.0. The van der Waals surface area contributed by atoms with E-state index in [0.29, 0.717) is 30.5 Å². The van der Waals surface area contributed by atoms with Crippen molar-refractivity contribution in [2.45, 2.75) is 18.9 Å². The highest BCUT2D eigenvalue weighted by Crippen LogP contribution is 2.17. The summed E-state index contributed by atoms with van der Waals surface area (Å²) in [6.07, 6.45) is 2.31. The number of nitrogens with zero attached hydrogens (tertiary/aromatic N) is 1. The van der Waals surface area contributed by atoms with Crippen molar-refractivity contribution < 1.29 is 9.53 Å². The smallest absolute Gasteiger partial charge is 0.255 e. The van der Waals surface area contributed by atoms with E-state index in [2.05, 4.69) is 15.5 Å². The maximum Gasteiger partial charge on any atom is 0.255 e. The van der Waals surface area contributed by atoms with Crippen LogP contribution in [0.4, 0.5) is 0 Å². The van der Waals surface area contributed by atoms with Crippen LogP contribution in [-0.4, -0.2) is 57.2 Å². The van der Waals surface area contributed by atoms with Crippen LogP contribution in [0.3, 0.4) is 0 Å². The molecule has 2 N–H and O–H groups in total. The van der Waals surface area contributed by atoms with Crippen LogP contribution < -0.4 is 15.4 Å². The minimum Gasteiger partial charge on any atom is -0.491 e. The highest BCUT2D eigenvalue weighted by atomic mass is 35.5. The van der Waals surface area contributed by atoms with Crippen LogP contribution in [-0.2, 0) is 0 Å². The molecule has 0 saturated carbocycles. The number of carbonyl (C=O) groups is 1. The number of amides is 1. The van der Waals surface area contributed by atoms with Gasteiger partial charge in [0, 0.05) is 19.1 Å². The van der Waals surface area contributed by atoms with E-state index in [1.807, 2.05) is 38.4 Å². The van der Waals surface area contributed by atoms with Gasteiger partial charge in [-0.1, -0.05) is 12.1 Å². The lowest BCUT2D eigenvalue weighted by atomic mass is 10.1. The molecule has 0 spiro atoms. The van der Waals surface area contributed by atoms with E-state index < -0.39 is 0 Å². The maximum atomic E-state index is 12.3. The van der Waals surface area contributed by atoms with Crippen LogP contribution >= 0.6 is 24.8 Å². The fourth-order valence-electron chi connectivity index (χ4n) is 2.36. The van der Waals surface area contributed by atoms with Gasteiger partial charge in [0.25, 0.3) is 5.91 Å². The van der Waals surface area contributed by atoms with Gasteiger partial charge in [-0.05, 0) is 45.6 Å². The van der Waals surface area contributed by atoms with Crippen LogP contribution in [0.2, 0.25) is 0 Å². The van der Waals surface area contributed by atoms with Crippen LogP contribution in [0.15, 0.2) is 24.3 Å². The molecule has 0 aromatic heterocycles. The summed E-state index contributed by atoms with van der Waals surface area (Å²) < 4.78 is 5.72. The summed E-state index contributed by atoms with van der Waals surface area (Å²) in [4.78, 5) is 14.3. The Morgan fingerprint density at radius 1 is 1.35 bits per heavy atom. The second-order valence-electron chi connectivity index (χ2n) is 5.65. The zero-order chi connectivity index (χ0) is 15.1. The highest BCUT2D eigenvalue weighted by Gasteiger charge is 2.17. The maximum absolute atomic E-state index is 12.3. The van der Waals surface area contributed by atoms with Gasteiger partial charge in [-0.3, -0.25) is 4.79 Å². The fourth-order valence-corrected chi connectivity index (χ4v) is 2.36. The average Bonchev–Trinajstić information content (AvgIpc) is 2.98. The summed E-state index contributed by atoms with van der Waals surface area (Å²) in [5.41, 5.74) is 0.606. The molecule has 132 valence electrons. The Labute approximate surface area is 151 Å². The number of para-hydroxylation sites is 1. The number of halogens is 2. The van der Waals surface area contributed by atoms with E-state index >= 15 is 0 Å². The molecular weight excluding hydrogens is 337 g/mol. The van der Waals surface area contributed by atoms with E-state index in [-0.39, 0.29) is 30.7 Å². The highest BCUT2D eigenvalue weighted by molar-refractivity contribution is 5.96. The molecule has 1 unspecified atom stereocenters. The largest absolute Gasteiger partial charge is 0.491 e. The van der Waals surface area contributed by atoms with Crippen LogP contribution in [0.1, 0.15) is 23.2 Å². The summed E-state index contributed by atoms with van der Waals surface area (Å²) in [6.45, 7) is 3.11. The molecule has 1 aliphatic rings. The summed E-state index contributed by atoms with van der Waals surface area (Å²) in [5, 5.41) is 6.36. The molecule has 1 aromatic carbocycles. The number of carbonyl (C=O) groups excluding carboxylic acids is 1. The van der Waals surface area contributed by atoms with Crippen LogP contribution in [0, 0.1) is 0 Å². The van der Waals surface area contributed by atoms with Crippen molar-refractivity contribution in [2.24, 2.45) is 0 Å². The van der Waals surface area contributed by atoms with Gasteiger partial charge in [0.05, 0.1) is 5.56 Å². The van der Waals surface area contributed by atoms with Crippen molar-refractivity contribution in [1.29, 1.82) is 0 Å². The van der Waals surface area contributed by atoms with Gasteiger partial charge in [0.2, 0.25) is 0 Å². The molecule has 0 aliphatic carbocycles. The normalized spacial score (nSPS) is 16.4. The SMILES string of the molecule is CN(C)CCOc1ccccc1C(=O)NCC1CCCN1.Cl.Cl. The summed E-state index contributed by atoms with van der Waals surface area (Å²) >= 11 is 0. The van der Waals surface area contributed by atoms with Crippen LogP contribution in [0.5, 0.6) is 5.75 Å². The second-order valence-corrected chi connectivity index (χ2v) is 5.65. The van der Waals surface area contributed by atoms with Crippen molar-refractivity contribution in [1.82, 2.24) is 15.5 Å². The Bertz CT molecular complexity index is 466. The van der Waals surface area contributed by atoms with Crippen LogP contribution in [0.25, 0.3) is 0 Å². The topological polar surface area (TPSA) is 53.6 Å². The van der Waals surface area contributed by atoms with Gasteiger partial charge >= 0.3 is 0 Å². The molecule has 1 fully saturated rings. The quantitative estimate of drug-likeness (QED) is 0.777. The molecule has 1 atom stereocenters. The first-order chi connectivity index (χ1) is 10.2. The molecule has 7 heteroatoms. The molecule has 1 aromatic rings. The Balaban J connectivity index is 0.00000242. The number of hydrogen-bond donors (Lipinski definition) is 2. The van der Waals surface area contributed by atoms with Gasteiger partial charge in [-0.25, -0.2) is 0 Å². The molecular formula is C16H27Cl2N3O2. The Morgan fingerprint density at radius 2 is 2.09 bits per heavy atom. The minimum absolute atomic E-state index is 0. The van der Waals surface area contributed by atoms with Gasteiger partial charge < -0.3 is 20.3 Å². The van der Waals surface area contributed by atoms with E-state index in [1.165, 1.54) is 6.42 Å². The fraction of sp³-hybridized carbons (Fsp3) is 0.562. The monoisotopic (exact) mass is 363 g/mol. The number of hydrogen-bond acceptors (Lipinski definition) is 4. The summed E-state index contributed by atoms with van der Waals surface area (Å²) in [5.74, 6) is 0.584. The van der Waals surface area contributed by atoms with Gasteiger partial charge in [-0.2, -0.15) is 0 Å². The first-order valence-electron chi connectivity index (χ1n) is 7.55. The van der Waals surface area contributed by atoms with E-state index in [0.717, 1.165) is 19.5 Å². The second kappa shape index (κ2) is 11.5. The number of likely N-dealkylation sites (N-methyl/N-ethyl adjacent to an activating group) is 1. The lowest BCUT2D eigenvalue weighted by molar-refractivity contribution is 0.0946. The van der Waals surface area contributed by atoms with Crippen molar-refractivity contribution in [3.8, 4) is 5.75 Å². The summed E-state index contributed by atoms with van der Waals surface area (Å²) in [7, 11) is 3.99. The molecule has 0 bridgehead atoms. The van der Waals surface area contributed by atoms with Crippen molar-refractivity contribution in [2.75, 3.05) is 40.3 Å². The zero-order valence-corrected chi connectivity index (χ0v) is 15.3. The average molecular weight is 364 g/mol. The Kier molecular flexibility index (Phi) is 11.0. The molecule has 23 heavy (non-hydrogen) atoms. The predicted molar refractivity (Wildman–Crippen MR) is 98.3 cm³/mol. The third-order valence-corrected chi connectivity index (χ3v) is 3.60. The standard InChI is InChI=1S/C16H25N3O2.2ClH/c1-19(2)10-11-21-15-8-4-3-7-14(15)16(20)18-12-13-6-5-9-17-13;;/h3-4,7-8,13,17H,5-6,9-12H2,1-2H3,(H,18,20);2*1H. The summed E-state index contributed by atoms with van der Waals surface area (Å²) in [6, 6.07) is 7.80. The van der Waals surface area contributed by atoms with E-state index in [4.69, 9.17) is 4.74 Å². The van der Waals surface area contributed by atoms with Gasteiger partial charge in [0.1, 0.15) is 12.4 Å². The molecule has 1 saturated heterocycles. The van der Waals surface area contributed by atoms with Crippen molar-refractivity contribution in [3.63, 3.8) is 0 Å². The van der Waals surface area contributed by atoms with Gasteiger partial charge in [0.15, 0.2) is 0 Å². The van der Waals surface area contributed by atoms with E-state index in [9.17, 15) is 4.79 Å². The number of benzene rings is 1. The van der Waals surface area contributed by atoms with E-state index in [1.54, 1.807) is 0 Å². The molecule has 5 nitrogen and oxygen atoms in total. The lowest BCUT2D eigenvalue weighted by Gasteiger charge is -2.15. The first-order valence-corrected chi connectivity index (χ1v) is 7.55. The molecule has 1 aliphatic heterocycles. The molecule has 1 heterocycles. The predicted octanol–water partition coefficient (Wildman–Crippen LogP) is 1.95. The third-order valence-electron chi connectivity index (χ3n) is 3.60. The van der Waals surface area contributed by atoms with Crippen molar-refractivity contribution in [3.05, 3.63) is 29.8 Å². The zero-order valence-electron chi connectivity index (χ0n) is 13.7. The number of nitrogens with one attached hydrogen (secondary N) is 2. The van der Waals surface area contributed by atoms with Gasteiger partial charge in [-0.15, -0.1) is 24.8 Å². The minimum atomic E-state index is -0.0656. The number of ether oxygens (including phenoxy) is 1. The molecule has 1 amide bonds. The lowest BCUT2D eigenvalue weighted by Crippen LogP contribution is -2.37. The Morgan fingerprint density at radius 3 is 2.74 bits per heavy atom. The number of rotatable bonds is 7. The van der Waals surface area contributed by atoms with Crippen molar-refractivity contribution >= 4 is 30.7 Å². The third kappa shape index (κ3) is 7.40. The Hall–Kier alpha value is -1.01.